The van der Waals surface area contributed by atoms with Crippen molar-refractivity contribution in [1.29, 1.82) is 0 Å². The van der Waals surface area contributed by atoms with Gasteiger partial charge in [-0.15, -0.1) is 0 Å². The number of hydrogen-bond acceptors (Lipinski definition) is 4. The molecule has 0 saturated carbocycles. The molecule has 0 fully saturated rings. The van der Waals surface area contributed by atoms with Crippen LogP contribution in [0.1, 0.15) is 54.1 Å². The van der Waals surface area contributed by atoms with Crippen LogP contribution in [0.2, 0.25) is 0 Å². The van der Waals surface area contributed by atoms with Crippen molar-refractivity contribution in [3.63, 3.8) is 0 Å². The van der Waals surface area contributed by atoms with E-state index in [1.165, 1.54) is 5.56 Å². The molecule has 218 valence electrons. The predicted octanol–water partition coefficient (Wildman–Crippen LogP) is 7.34. The number of aliphatic carboxylic acids is 1. The Labute approximate surface area is 249 Å². The molecule has 1 heterocycles. The average Bonchev–Trinajstić information content (AvgIpc) is 3.03. The molecule has 3 aromatic carbocycles. The van der Waals surface area contributed by atoms with Gasteiger partial charge in [0, 0.05) is 23.9 Å². The Kier molecular flexibility index (Phi) is 11.7. The second-order valence-corrected chi connectivity index (χ2v) is 10.5. The van der Waals surface area contributed by atoms with Crippen molar-refractivity contribution in [1.82, 2.24) is 9.88 Å². The molecule has 4 aromatic rings. The highest BCUT2D eigenvalue weighted by Crippen LogP contribution is 2.20. The summed E-state index contributed by atoms with van der Waals surface area (Å²) in [7, 11) is 0. The first-order valence-corrected chi connectivity index (χ1v) is 14.8. The number of carbonyl (C=O) groups excluding carboxylic acids is 1. The summed E-state index contributed by atoms with van der Waals surface area (Å²) >= 11 is 0. The maximum absolute atomic E-state index is 13.6. The lowest BCUT2D eigenvalue weighted by Crippen LogP contribution is -2.35. The van der Waals surface area contributed by atoms with Crippen LogP contribution in [0.5, 0.6) is 5.75 Å². The van der Waals surface area contributed by atoms with Gasteiger partial charge in [0.25, 0.3) is 5.91 Å². The number of pyridine rings is 1. The van der Waals surface area contributed by atoms with Gasteiger partial charge >= 0.3 is 5.97 Å². The molecule has 0 aliphatic carbocycles. The molecular formula is C36H40N2O4. The lowest BCUT2D eigenvalue weighted by Gasteiger charge is -2.23. The monoisotopic (exact) mass is 564 g/mol. The first kappa shape index (κ1) is 30.5. The van der Waals surface area contributed by atoms with Crippen LogP contribution in [0.3, 0.4) is 0 Å². The van der Waals surface area contributed by atoms with Crippen molar-refractivity contribution in [3.05, 3.63) is 120 Å². The summed E-state index contributed by atoms with van der Waals surface area (Å²) in [5.41, 5.74) is 4.71. The zero-order valence-electron chi connectivity index (χ0n) is 24.3. The van der Waals surface area contributed by atoms with Gasteiger partial charge < -0.3 is 14.7 Å². The van der Waals surface area contributed by atoms with Gasteiger partial charge in [-0.25, -0.2) is 0 Å². The van der Waals surface area contributed by atoms with E-state index in [9.17, 15) is 14.7 Å². The quantitative estimate of drug-likeness (QED) is 0.154. The van der Waals surface area contributed by atoms with Gasteiger partial charge in [0.15, 0.2) is 0 Å². The zero-order valence-corrected chi connectivity index (χ0v) is 24.3. The number of nitrogens with zero attached hydrogens (tertiary/aromatic N) is 2. The maximum Gasteiger partial charge on any atom is 0.306 e. The number of ether oxygens (including phenoxy) is 1. The number of unbranched alkanes of at least 4 members (excludes halogenated alkanes) is 1. The molecule has 1 N–H and O–H groups in total. The van der Waals surface area contributed by atoms with Gasteiger partial charge in [0.2, 0.25) is 0 Å². The van der Waals surface area contributed by atoms with E-state index in [0.717, 1.165) is 42.5 Å². The van der Waals surface area contributed by atoms with Gasteiger partial charge in [-0.05, 0) is 73.2 Å². The standard InChI is InChI=1S/C36H40N2O4/c1-2-3-13-32(36(40)41)27-29-15-21-33(22-16-29)42-26-25-38(24-9-12-28-10-5-4-6-11-28)35(39)31-19-17-30(18-20-31)34-14-7-8-23-37-34/h4-8,10-11,14-23,32H,2-3,9,12-13,24-27H2,1H3,(H,40,41). The van der Waals surface area contributed by atoms with Gasteiger partial charge in [0.05, 0.1) is 18.2 Å². The van der Waals surface area contributed by atoms with Crippen molar-refractivity contribution in [2.45, 2.75) is 45.4 Å². The lowest BCUT2D eigenvalue weighted by atomic mass is 9.94. The molecule has 0 spiro atoms. The smallest absolute Gasteiger partial charge is 0.306 e. The highest BCUT2D eigenvalue weighted by molar-refractivity contribution is 5.94. The fourth-order valence-electron chi connectivity index (χ4n) is 4.98. The number of aromatic nitrogens is 1. The fraction of sp³-hybridized carbons (Fsp3) is 0.306. The lowest BCUT2D eigenvalue weighted by molar-refractivity contribution is -0.142. The van der Waals surface area contributed by atoms with E-state index in [-0.39, 0.29) is 11.8 Å². The van der Waals surface area contributed by atoms with Crippen LogP contribution >= 0.6 is 0 Å². The third-order valence-electron chi connectivity index (χ3n) is 7.41. The van der Waals surface area contributed by atoms with Crippen LogP contribution in [0.4, 0.5) is 0 Å². The van der Waals surface area contributed by atoms with E-state index in [1.54, 1.807) is 6.20 Å². The van der Waals surface area contributed by atoms with Crippen LogP contribution in [-0.4, -0.2) is 46.6 Å². The summed E-state index contributed by atoms with van der Waals surface area (Å²) in [5, 5.41) is 9.54. The Morgan fingerprint density at radius 1 is 0.833 bits per heavy atom. The zero-order chi connectivity index (χ0) is 29.6. The van der Waals surface area contributed by atoms with Gasteiger partial charge in [-0.2, -0.15) is 0 Å². The van der Waals surface area contributed by atoms with Crippen molar-refractivity contribution in [2.75, 3.05) is 19.7 Å². The minimum absolute atomic E-state index is 0.0265. The molecule has 0 aliphatic rings. The predicted molar refractivity (Wildman–Crippen MR) is 167 cm³/mol. The summed E-state index contributed by atoms with van der Waals surface area (Å²) in [4.78, 5) is 31.4. The van der Waals surface area contributed by atoms with E-state index < -0.39 is 5.97 Å². The summed E-state index contributed by atoms with van der Waals surface area (Å²) in [6, 6.07) is 31.3. The van der Waals surface area contributed by atoms with E-state index in [2.05, 4.69) is 24.0 Å². The molecule has 4 rings (SSSR count). The second-order valence-electron chi connectivity index (χ2n) is 10.5. The minimum atomic E-state index is -0.743. The Morgan fingerprint density at radius 3 is 2.24 bits per heavy atom. The van der Waals surface area contributed by atoms with Crippen LogP contribution < -0.4 is 4.74 Å². The van der Waals surface area contributed by atoms with Gasteiger partial charge in [-0.1, -0.05) is 80.4 Å². The summed E-state index contributed by atoms with van der Waals surface area (Å²) in [6.45, 7) is 3.50. The fourth-order valence-corrected chi connectivity index (χ4v) is 4.98. The van der Waals surface area contributed by atoms with Crippen molar-refractivity contribution in [2.24, 2.45) is 5.92 Å². The van der Waals surface area contributed by atoms with E-state index in [0.29, 0.717) is 43.9 Å². The molecule has 1 amide bonds. The number of amides is 1. The number of benzene rings is 3. The molecule has 1 unspecified atom stereocenters. The Morgan fingerprint density at radius 2 is 1.57 bits per heavy atom. The topological polar surface area (TPSA) is 79.7 Å². The normalized spacial score (nSPS) is 11.5. The summed E-state index contributed by atoms with van der Waals surface area (Å²) < 4.78 is 6.02. The Balaban J connectivity index is 1.36. The van der Waals surface area contributed by atoms with E-state index in [1.807, 2.05) is 89.8 Å². The number of aryl methyl sites for hydroxylation is 1. The maximum atomic E-state index is 13.6. The molecule has 6 heteroatoms. The first-order chi connectivity index (χ1) is 20.5. The SMILES string of the molecule is CCCCC(Cc1ccc(OCCN(CCCc2ccccc2)C(=O)c2ccc(-c3ccccn3)cc2)cc1)C(=O)O. The third kappa shape index (κ3) is 9.30. The number of carboxylic acid groups (broad SMARTS) is 1. The van der Waals surface area contributed by atoms with Crippen molar-refractivity contribution < 1.29 is 19.4 Å². The number of hydrogen-bond donors (Lipinski definition) is 1. The minimum Gasteiger partial charge on any atom is -0.492 e. The highest BCUT2D eigenvalue weighted by atomic mass is 16.5. The molecular weight excluding hydrogens is 524 g/mol. The molecule has 0 bridgehead atoms. The van der Waals surface area contributed by atoms with E-state index >= 15 is 0 Å². The van der Waals surface area contributed by atoms with Crippen LogP contribution in [0.25, 0.3) is 11.3 Å². The average molecular weight is 565 g/mol. The van der Waals surface area contributed by atoms with Crippen molar-refractivity contribution >= 4 is 11.9 Å². The van der Waals surface area contributed by atoms with Crippen LogP contribution in [-0.2, 0) is 17.6 Å². The Bertz CT molecular complexity index is 1370. The third-order valence-corrected chi connectivity index (χ3v) is 7.41. The number of carbonyl (C=O) groups is 2. The highest BCUT2D eigenvalue weighted by Gasteiger charge is 2.18. The van der Waals surface area contributed by atoms with Crippen molar-refractivity contribution in [3.8, 4) is 17.0 Å². The number of carboxylic acids is 1. The molecule has 1 atom stereocenters. The molecule has 42 heavy (non-hydrogen) atoms. The largest absolute Gasteiger partial charge is 0.492 e. The molecule has 6 nitrogen and oxygen atoms in total. The molecule has 0 radical (unpaired) electrons. The molecule has 1 aromatic heterocycles. The van der Waals surface area contributed by atoms with Gasteiger partial charge in [0.1, 0.15) is 12.4 Å². The number of rotatable bonds is 16. The van der Waals surface area contributed by atoms with E-state index in [4.69, 9.17) is 4.74 Å². The molecule has 0 aliphatic heterocycles. The molecule has 0 saturated heterocycles. The van der Waals surface area contributed by atoms with Gasteiger partial charge in [-0.3, -0.25) is 14.6 Å². The van der Waals surface area contributed by atoms with Crippen LogP contribution in [0.15, 0.2) is 103 Å². The van der Waals surface area contributed by atoms with Crippen LogP contribution in [0, 0.1) is 5.92 Å². The summed E-state index contributed by atoms with van der Waals surface area (Å²) in [5.74, 6) is -0.436. The Hall–Kier alpha value is -4.45. The first-order valence-electron chi connectivity index (χ1n) is 14.8. The summed E-state index contributed by atoms with van der Waals surface area (Å²) in [6.07, 6.45) is 6.59. The second kappa shape index (κ2) is 16.1.